The number of aromatic amines is 1. The maximum atomic E-state index is 5.83. The molecule has 0 aliphatic rings. The average molecular weight is 266 g/mol. The zero-order valence-corrected chi connectivity index (χ0v) is 10.2. The molecule has 15 heavy (non-hydrogen) atoms. The number of hydrogen-bond acceptors (Lipinski definition) is 2. The molecule has 0 radical (unpaired) electrons. The van der Waals surface area contributed by atoms with E-state index >= 15 is 0 Å². The first kappa shape index (κ1) is 10.2. The molecule has 1 aromatic heterocycles. The molecule has 0 amide bonds. The van der Waals surface area contributed by atoms with E-state index in [1.165, 1.54) is 11.1 Å². The van der Waals surface area contributed by atoms with Crippen LogP contribution in [0.15, 0.2) is 22.8 Å². The van der Waals surface area contributed by atoms with Crippen LogP contribution in [0.3, 0.4) is 0 Å². The van der Waals surface area contributed by atoms with E-state index in [9.17, 15) is 0 Å². The second-order valence-corrected chi connectivity index (χ2v) is 4.42. The first-order valence-corrected chi connectivity index (χ1v) is 5.45. The number of aromatic nitrogens is 2. The quantitative estimate of drug-likeness (QED) is 0.833. The summed E-state index contributed by atoms with van der Waals surface area (Å²) in [4.78, 5) is 0. The minimum absolute atomic E-state index is 0.610. The number of rotatable bonds is 1. The van der Waals surface area contributed by atoms with Crippen LogP contribution in [0.2, 0.25) is 0 Å². The first-order valence-electron chi connectivity index (χ1n) is 4.66. The number of nitrogens with zero attached hydrogens (tertiary/aromatic N) is 1. The standard InChI is InChI=1S/C11H12BrN3/c1-6-3-4-9(12)7(2)10(6)8-5-14-15-11(8)13/h3-5H,1-2H3,(H3,13,14,15). The summed E-state index contributed by atoms with van der Waals surface area (Å²) in [5.41, 5.74) is 10.3. The van der Waals surface area contributed by atoms with E-state index in [0.29, 0.717) is 5.82 Å². The van der Waals surface area contributed by atoms with Gasteiger partial charge in [-0.3, -0.25) is 5.10 Å². The Bertz CT molecular complexity index is 503. The molecule has 0 unspecified atom stereocenters. The van der Waals surface area contributed by atoms with Crippen LogP contribution in [-0.4, -0.2) is 10.2 Å². The molecular weight excluding hydrogens is 254 g/mol. The Kier molecular flexibility index (Phi) is 2.52. The molecule has 78 valence electrons. The lowest BCUT2D eigenvalue weighted by Gasteiger charge is -2.10. The molecule has 0 atom stereocenters. The van der Waals surface area contributed by atoms with Gasteiger partial charge < -0.3 is 5.73 Å². The smallest absolute Gasteiger partial charge is 0.126 e. The third-order valence-corrected chi connectivity index (χ3v) is 3.40. The van der Waals surface area contributed by atoms with Gasteiger partial charge in [-0.15, -0.1) is 0 Å². The Balaban J connectivity index is 2.72. The van der Waals surface area contributed by atoms with E-state index in [1.54, 1.807) is 6.20 Å². The van der Waals surface area contributed by atoms with E-state index in [1.807, 2.05) is 6.07 Å². The lowest BCUT2D eigenvalue weighted by atomic mass is 9.98. The lowest BCUT2D eigenvalue weighted by molar-refractivity contribution is 1.10. The highest BCUT2D eigenvalue weighted by molar-refractivity contribution is 9.10. The van der Waals surface area contributed by atoms with E-state index in [-0.39, 0.29) is 0 Å². The van der Waals surface area contributed by atoms with Gasteiger partial charge in [0.1, 0.15) is 5.82 Å². The predicted octanol–water partition coefficient (Wildman–Crippen LogP) is 3.04. The molecule has 2 aromatic rings. The summed E-state index contributed by atoms with van der Waals surface area (Å²) in [6.07, 6.45) is 1.76. The van der Waals surface area contributed by atoms with Gasteiger partial charge in [0.25, 0.3) is 0 Å². The van der Waals surface area contributed by atoms with Crippen molar-refractivity contribution in [2.75, 3.05) is 5.73 Å². The summed E-state index contributed by atoms with van der Waals surface area (Å²) in [6.45, 7) is 4.14. The monoisotopic (exact) mass is 265 g/mol. The zero-order chi connectivity index (χ0) is 11.0. The number of halogens is 1. The molecule has 2 rings (SSSR count). The highest BCUT2D eigenvalue weighted by Crippen LogP contribution is 2.33. The molecule has 0 spiro atoms. The van der Waals surface area contributed by atoms with Crippen molar-refractivity contribution < 1.29 is 0 Å². The molecule has 0 saturated carbocycles. The van der Waals surface area contributed by atoms with Crippen molar-refractivity contribution in [3.8, 4) is 11.1 Å². The molecule has 0 saturated heterocycles. The largest absolute Gasteiger partial charge is 0.384 e. The topological polar surface area (TPSA) is 54.7 Å². The van der Waals surface area contributed by atoms with Crippen molar-refractivity contribution in [3.63, 3.8) is 0 Å². The van der Waals surface area contributed by atoms with Crippen molar-refractivity contribution >= 4 is 21.7 Å². The maximum absolute atomic E-state index is 5.83. The molecule has 3 N–H and O–H groups in total. The number of nitrogens with two attached hydrogens (primary N) is 1. The van der Waals surface area contributed by atoms with Crippen LogP contribution in [0.5, 0.6) is 0 Å². The Morgan fingerprint density at radius 3 is 2.67 bits per heavy atom. The second-order valence-electron chi connectivity index (χ2n) is 3.56. The fraction of sp³-hybridized carbons (Fsp3) is 0.182. The summed E-state index contributed by atoms with van der Waals surface area (Å²) >= 11 is 3.52. The minimum atomic E-state index is 0.610. The molecule has 0 aliphatic heterocycles. The zero-order valence-electron chi connectivity index (χ0n) is 8.63. The van der Waals surface area contributed by atoms with Gasteiger partial charge in [0.15, 0.2) is 0 Å². The van der Waals surface area contributed by atoms with E-state index in [2.05, 4.69) is 46.0 Å². The average Bonchev–Trinajstić information content (AvgIpc) is 2.60. The molecule has 1 heterocycles. The summed E-state index contributed by atoms with van der Waals surface area (Å²) in [5, 5.41) is 6.70. The molecule has 0 aliphatic carbocycles. The summed E-state index contributed by atoms with van der Waals surface area (Å²) in [6, 6.07) is 4.11. The van der Waals surface area contributed by atoms with Gasteiger partial charge >= 0.3 is 0 Å². The van der Waals surface area contributed by atoms with Gasteiger partial charge in [-0.1, -0.05) is 22.0 Å². The fourth-order valence-electron chi connectivity index (χ4n) is 1.73. The Hall–Kier alpha value is -1.29. The highest BCUT2D eigenvalue weighted by atomic mass is 79.9. The van der Waals surface area contributed by atoms with E-state index < -0.39 is 0 Å². The molecular formula is C11H12BrN3. The van der Waals surface area contributed by atoms with Gasteiger partial charge in [-0.25, -0.2) is 0 Å². The van der Waals surface area contributed by atoms with Crippen molar-refractivity contribution in [2.45, 2.75) is 13.8 Å². The lowest BCUT2D eigenvalue weighted by Crippen LogP contribution is -1.93. The van der Waals surface area contributed by atoms with Gasteiger partial charge in [-0.2, -0.15) is 5.10 Å². The number of nitrogen functional groups attached to an aromatic ring is 1. The SMILES string of the molecule is Cc1ccc(Br)c(C)c1-c1cn[nH]c1N. The number of H-pyrrole nitrogens is 1. The number of benzene rings is 1. The molecule has 0 bridgehead atoms. The third-order valence-electron chi connectivity index (χ3n) is 2.55. The summed E-state index contributed by atoms with van der Waals surface area (Å²) < 4.78 is 1.09. The molecule has 3 nitrogen and oxygen atoms in total. The number of nitrogens with one attached hydrogen (secondary N) is 1. The van der Waals surface area contributed by atoms with Crippen LogP contribution < -0.4 is 5.73 Å². The molecule has 0 fully saturated rings. The Morgan fingerprint density at radius 1 is 1.33 bits per heavy atom. The number of anilines is 1. The van der Waals surface area contributed by atoms with Crippen molar-refractivity contribution in [2.24, 2.45) is 0 Å². The van der Waals surface area contributed by atoms with Gasteiger partial charge in [0.05, 0.1) is 6.20 Å². The van der Waals surface area contributed by atoms with Crippen molar-refractivity contribution in [1.82, 2.24) is 10.2 Å². The Labute approximate surface area is 96.8 Å². The first-order chi connectivity index (χ1) is 7.11. The number of aryl methyl sites for hydroxylation is 1. The van der Waals surface area contributed by atoms with Crippen LogP contribution >= 0.6 is 15.9 Å². The molecule has 4 heteroatoms. The van der Waals surface area contributed by atoms with E-state index in [4.69, 9.17) is 5.73 Å². The van der Waals surface area contributed by atoms with Crippen LogP contribution in [0.25, 0.3) is 11.1 Å². The third kappa shape index (κ3) is 1.65. The van der Waals surface area contributed by atoms with Crippen LogP contribution in [0.4, 0.5) is 5.82 Å². The second kappa shape index (κ2) is 3.70. The fourth-order valence-corrected chi connectivity index (χ4v) is 2.06. The highest BCUT2D eigenvalue weighted by Gasteiger charge is 2.12. The van der Waals surface area contributed by atoms with Crippen LogP contribution in [0.1, 0.15) is 11.1 Å². The van der Waals surface area contributed by atoms with Crippen molar-refractivity contribution in [3.05, 3.63) is 33.9 Å². The Morgan fingerprint density at radius 2 is 2.07 bits per heavy atom. The summed E-state index contributed by atoms with van der Waals surface area (Å²) in [5.74, 6) is 0.610. The minimum Gasteiger partial charge on any atom is -0.384 e. The van der Waals surface area contributed by atoms with E-state index in [0.717, 1.165) is 15.6 Å². The normalized spacial score (nSPS) is 10.6. The van der Waals surface area contributed by atoms with Crippen LogP contribution in [0, 0.1) is 13.8 Å². The van der Waals surface area contributed by atoms with Gasteiger partial charge in [0.2, 0.25) is 0 Å². The van der Waals surface area contributed by atoms with Crippen molar-refractivity contribution in [1.29, 1.82) is 0 Å². The van der Waals surface area contributed by atoms with Crippen LogP contribution in [-0.2, 0) is 0 Å². The molecule has 1 aromatic carbocycles. The number of hydrogen-bond donors (Lipinski definition) is 2. The van der Waals surface area contributed by atoms with Gasteiger partial charge in [0, 0.05) is 10.0 Å². The van der Waals surface area contributed by atoms with Gasteiger partial charge in [-0.05, 0) is 36.6 Å². The predicted molar refractivity (Wildman–Crippen MR) is 65.6 cm³/mol. The maximum Gasteiger partial charge on any atom is 0.126 e. The summed E-state index contributed by atoms with van der Waals surface area (Å²) in [7, 11) is 0.